The van der Waals surface area contributed by atoms with Crippen molar-refractivity contribution in [2.45, 2.75) is 0 Å². The quantitative estimate of drug-likeness (QED) is 0.369. The zero-order valence-corrected chi connectivity index (χ0v) is 15.3. The first-order valence-corrected chi connectivity index (χ1v) is 8.43. The average molecular weight is 413 g/mol. The van der Waals surface area contributed by atoms with Gasteiger partial charge in [0.15, 0.2) is 5.78 Å². The molecule has 1 heterocycles. The van der Waals surface area contributed by atoms with Crippen LogP contribution in [0.25, 0.3) is 11.3 Å². The SMILES string of the molecule is Cn1c(-c2cccc([N+](=O)[O-])c2)ccc(C(=O)c2ccc(Br)cc2)c1=O. The fourth-order valence-corrected chi connectivity index (χ4v) is 2.90. The smallest absolute Gasteiger partial charge is 0.270 e. The molecule has 0 radical (unpaired) electrons. The average Bonchev–Trinajstić information content (AvgIpc) is 2.64. The minimum atomic E-state index is -0.493. The Morgan fingerprint density at radius 3 is 2.42 bits per heavy atom. The van der Waals surface area contributed by atoms with Gasteiger partial charge in [0.1, 0.15) is 0 Å². The fourth-order valence-electron chi connectivity index (χ4n) is 2.63. The molecular weight excluding hydrogens is 400 g/mol. The van der Waals surface area contributed by atoms with Crippen LogP contribution in [0.5, 0.6) is 0 Å². The summed E-state index contributed by atoms with van der Waals surface area (Å²) in [5, 5.41) is 10.9. The van der Waals surface area contributed by atoms with Gasteiger partial charge in [-0.25, -0.2) is 0 Å². The van der Waals surface area contributed by atoms with Crippen LogP contribution in [0.4, 0.5) is 5.69 Å². The van der Waals surface area contributed by atoms with Crippen molar-refractivity contribution in [1.29, 1.82) is 0 Å². The Bertz CT molecular complexity index is 1070. The Morgan fingerprint density at radius 2 is 1.77 bits per heavy atom. The molecule has 0 saturated heterocycles. The largest absolute Gasteiger partial charge is 0.311 e. The molecule has 2 aromatic carbocycles. The van der Waals surface area contributed by atoms with Gasteiger partial charge in [-0.3, -0.25) is 19.7 Å². The van der Waals surface area contributed by atoms with E-state index in [0.717, 1.165) is 4.47 Å². The first-order valence-electron chi connectivity index (χ1n) is 7.63. The molecule has 0 fully saturated rings. The third kappa shape index (κ3) is 3.34. The van der Waals surface area contributed by atoms with Gasteiger partial charge in [0, 0.05) is 34.8 Å². The monoisotopic (exact) mass is 412 g/mol. The topological polar surface area (TPSA) is 82.2 Å². The predicted octanol–water partition coefficient (Wildman–Crippen LogP) is 3.95. The summed E-state index contributed by atoms with van der Waals surface area (Å²) in [6.07, 6.45) is 0. The molecule has 0 N–H and O–H groups in total. The van der Waals surface area contributed by atoms with Gasteiger partial charge in [-0.2, -0.15) is 0 Å². The summed E-state index contributed by atoms with van der Waals surface area (Å²) in [6, 6.07) is 15.8. The molecule has 3 aromatic rings. The first-order chi connectivity index (χ1) is 12.4. The molecule has 1 aromatic heterocycles. The second-order valence-electron chi connectivity index (χ2n) is 5.64. The summed E-state index contributed by atoms with van der Waals surface area (Å²) >= 11 is 3.30. The van der Waals surface area contributed by atoms with Crippen molar-refractivity contribution >= 4 is 27.4 Å². The van der Waals surface area contributed by atoms with E-state index in [-0.39, 0.29) is 17.0 Å². The maximum Gasteiger partial charge on any atom is 0.270 e. The van der Waals surface area contributed by atoms with E-state index in [1.165, 1.54) is 29.8 Å². The van der Waals surface area contributed by atoms with E-state index in [9.17, 15) is 19.7 Å². The molecule has 7 heteroatoms. The van der Waals surface area contributed by atoms with Crippen molar-refractivity contribution in [3.05, 3.63) is 96.7 Å². The first kappa shape index (κ1) is 17.8. The number of nitro benzene ring substituents is 1. The third-order valence-corrected chi connectivity index (χ3v) is 4.54. The van der Waals surface area contributed by atoms with Crippen molar-refractivity contribution in [2.75, 3.05) is 0 Å². The molecular formula is C19H13BrN2O4. The lowest BCUT2D eigenvalue weighted by atomic mass is 10.0. The maximum absolute atomic E-state index is 12.7. The third-order valence-electron chi connectivity index (χ3n) is 4.01. The second kappa shape index (κ2) is 7.05. The second-order valence-corrected chi connectivity index (χ2v) is 6.56. The zero-order valence-electron chi connectivity index (χ0n) is 13.7. The Hall–Kier alpha value is -3.06. The Labute approximate surface area is 157 Å². The number of hydrogen-bond acceptors (Lipinski definition) is 4. The van der Waals surface area contributed by atoms with Gasteiger partial charge in [-0.1, -0.05) is 28.1 Å². The number of pyridine rings is 1. The van der Waals surface area contributed by atoms with E-state index in [1.807, 2.05) is 0 Å². The van der Waals surface area contributed by atoms with Crippen molar-refractivity contribution in [2.24, 2.45) is 7.05 Å². The van der Waals surface area contributed by atoms with E-state index in [1.54, 1.807) is 42.5 Å². The van der Waals surface area contributed by atoms with Crippen molar-refractivity contribution in [3.63, 3.8) is 0 Å². The summed E-state index contributed by atoms with van der Waals surface area (Å²) in [5.41, 5.74) is 0.955. The molecule has 0 amide bonds. The van der Waals surface area contributed by atoms with E-state index in [0.29, 0.717) is 16.8 Å². The highest BCUT2D eigenvalue weighted by Gasteiger charge is 2.17. The van der Waals surface area contributed by atoms with Crippen molar-refractivity contribution in [3.8, 4) is 11.3 Å². The number of carbonyl (C=O) groups excluding carboxylic acids is 1. The Kier molecular flexibility index (Phi) is 4.81. The van der Waals surface area contributed by atoms with Gasteiger partial charge in [-0.05, 0) is 36.4 Å². The van der Waals surface area contributed by atoms with Crippen LogP contribution in [0.15, 0.2) is 69.9 Å². The van der Waals surface area contributed by atoms with Gasteiger partial charge in [0.05, 0.1) is 16.2 Å². The maximum atomic E-state index is 12.7. The van der Waals surface area contributed by atoms with Gasteiger partial charge >= 0.3 is 0 Å². The van der Waals surface area contributed by atoms with Crippen molar-refractivity contribution < 1.29 is 9.72 Å². The number of carbonyl (C=O) groups is 1. The van der Waals surface area contributed by atoms with Crippen LogP contribution in [0.3, 0.4) is 0 Å². The molecule has 0 aliphatic carbocycles. The molecule has 0 aliphatic heterocycles. The van der Waals surface area contributed by atoms with E-state index in [4.69, 9.17) is 0 Å². The van der Waals surface area contributed by atoms with Crippen LogP contribution < -0.4 is 5.56 Å². The number of benzene rings is 2. The molecule has 0 saturated carbocycles. The molecule has 0 unspecified atom stereocenters. The number of aromatic nitrogens is 1. The number of nitrogens with zero attached hydrogens (tertiary/aromatic N) is 2. The number of halogens is 1. The normalized spacial score (nSPS) is 10.5. The molecule has 130 valence electrons. The molecule has 6 nitrogen and oxygen atoms in total. The van der Waals surface area contributed by atoms with Crippen LogP contribution in [-0.2, 0) is 7.05 Å². The minimum Gasteiger partial charge on any atom is -0.311 e. The number of non-ortho nitro benzene ring substituents is 1. The standard InChI is InChI=1S/C19H13BrN2O4/c1-21-17(13-3-2-4-15(11-13)22(25)26)10-9-16(19(21)24)18(23)12-5-7-14(20)8-6-12/h2-11H,1H3. The zero-order chi connectivity index (χ0) is 18.8. The summed E-state index contributed by atoms with van der Waals surface area (Å²) in [4.78, 5) is 35.7. The lowest BCUT2D eigenvalue weighted by Crippen LogP contribution is -2.25. The fraction of sp³-hybridized carbons (Fsp3) is 0.0526. The van der Waals surface area contributed by atoms with Crippen LogP contribution in [0, 0.1) is 10.1 Å². The van der Waals surface area contributed by atoms with Gasteiger partial charge in [-0.15, -0.1) is 0 Å². The van der Waals surface area contributed by atoms with Gasteiger partial charge in [0.2, 0.25) is 0 Å². The van der Waals surface area contributed by atoms with Crippen LogP contribution >= 0.6 is 15.9 Å². The lowest BCUT2D eigenvalue weighted by molar-refractivity contribution is -0.384. The van der Waals surface area contributed by atoms with Crippen molar-refractivity contribution in [1.82, 2.24) is 4.57 Å². The van der Waals surface area contributed by atoms with Crippen LogP contribution in [-0.4, -0.2) is 15.3 Å². The van der Waals surface area contributed by atoms with Gasteiger partial charge in [0.25, 0.3) is 11.2 Å². The molecule has 0 bridgehead atoms. The molecule has 0 aliphatic rings. The summed E-state index contributed by atoms with van der Waals surface area (Å²) in [6.45, 7) is 0. The molecule has 0 atom stereocenters. The number of nitro groups is 1. The van der Waals surface area contributed by atoms with E-state index in [2.05, 4.69) is 15.9 Å². The Morgan fingerprint density at radius 1 is 1.08 bits per heavy atom. The minimum absolute atomic E-state index is 0.0454. The van der Waals surface area contributed by atoms with E-state index >= 15 is 0 Å². The highest BCUT2D eigenvalue weighted by molar-refractivity contribution is 9.10. The lowest BCUT2D eigenvalue weighted by Gasteiger charge is -2.10. The highest BCUT2D eigenvalue weighted by atomic mass is 79.9. The Balaban J connectivity index is 2.05. The highest BCUT2D eigenvalue weighted by Crippen LogP contribution is 2.23. The molecule has 26 heavy (non-hydrogen) atoms. The predicted molar refractivity (Wildman–Crippen MR) is 101 cm³/mol. The molecule has 3 rings (SSSR count). The molecule has 0 spiro atoms. The van der Waals surface area contributed by atoms with Crippen LogP contribution in [0.2, 0.25) is 0 Å². The van der Waals surface area contributed by atoms with E-state index < -0.39 is 10.5 Å². The number of hydrogen-bond donors (Lipinski definition) is 0. The van der Waals surface area contributed by atoms with Gasteiger partial charge < -0.3 is 4.57 Å². The van der Waals surface area contributed by atoms with Crippen LogP contribution in [0.1, 0.15) is 15.9 Å². The number of ketones is 1. The summed E-state index contributed by atoms with van der Waals surface area (Å²) in [5.74, 6) is -0.372. The summed E-state index contributed by atoms with van der Waals surface area (Å²) in [7, 11) is 1.54. The number of rotatable bonds is 4. The summed E-state index contributed by atoms with van der Waals surface area (Å²) < 4.78 is 2.16.